The molecule has 0 saturated heterocycles. The molecule has 0 radical (unpaired) electrons. The molecule has 0 spiro atoms. The molecule has 0 saturated carbocycles. The number of pyridine rings is 1. The van der Waals surface area contributed by atoms with Crippen LogP contribution in [0.3, 0.4) is 0 Å². The van der Waals surface area contributed by atoms with E-state index in [1.54, 1.807) is 36.5 Å². The van der Waals surface area contributed by atoms with Gasteiger partial charge in [0, 0.05) is 11.2 Å². The van der Waals surface area contributed by atoms with Crippen LogP contribution in [0, 0.1) is 6.92 Å². The quantitative estimate of drug-likeness (QED) is 0.682. The number of aryl methyl sites for hydroxylation is 1. The Morgan fingerprint density at radius 1 is 1.43 bits per heavy atom. The molecule has 0 aliphatic carbocycles. The van der Waals surface area contributed by atoms with Crippen LogP contribution in [0.25, 0.3) is 0 Å². The number of nitrogens with one attached hydrogen (secondary N) is 1. The van der Waals surface area contributed by atoms with Gasteiger partial charge in [0.15, 0.2) is 6.61 Å². The van der Waals surface area contributed by atoms with Crippen molar-refractivity contribution in [3.8, 4) is 5.75 Å². The highest BCUT2D eigenvalue weighted by Crippen LogP contribution is 2.21. The molecular weight excluding hydrogens is 290 g/mol. The summed E-state index contributed by atoms with van der Waals surface area (Å²) in [6.45, 7) is 1.74. The zero-order valence-corrected chi connectivity index (χ0v) is 12.2. The Hall–Kier alpha value is -2.40. The highest BCUT2D eigenvalue weighted by Gasteiger charge is 2.04. The van der Waals surface area contributed by atoms with Crippen molar-refractivity contribution in [3.63, 3.8) is 0 Å². The summed E-state index contributed by atoms with van der Waals surface area (Å²) in [5.41, 5.74) is 3.90. The second-order valence-electron chi connectivity index (χ2n) is 4.25. The lowest BCUT2D eigenvalue weighted by atomic mass is 10.2. The maximum absolute atomic E-state index is 11.6. The molecule has 1 amide bonds. The number of nitrogens with zero attached hydrogens (tertiary/aromatic N) is 2. The summed E-state index contributed by atoms with van der Waals surface area (Å²) in [6.07, 6.45) is 3.11. The van der Waals surface area contributed by atoms with Crippen LogP contribution in [0.1, 0.15) is 11.3 Å². The number of hydrogen-bond acceptors (Lipinski definition) is 4. The molecule has 0 aliphatic rings. The lowest BCUT2D eigenvalue weighted by Gasteiger charge is -2.08. The van der Waals surface area contributed by atoms with E-state index in [4.69, 9.17) is 16.3 Å². The van der Waals surface area contributed by atoms with Crippen molar-refractivity contribution in [2.45, 2.75) is 6.92 Å². The van der Waals surface area contributed by atoms with Crippen LogP contribution in [0.2, 0.25) is 5.02 Å². The van der Waals surface area contributed by atoms with Crippen molar-refractivity contribution in [2.75, 3.05) is 6.61 Å². The zero-order valence-electron chi connectivity index (χ0n) is 11.4. The summed E-state index contributed by atoms with van der Waals surface area (Å²) in [4.78, 5) is 15.6. The Bertz CT molecular complexity index is 645. The smallest absolute Gasteiger partial charge is 0.277 e. The number of halogens is 1. The summed E-state index contributed by atoms with van der Waals surface area (Å²) in [5, 5.41) is 4.43. The molecule has 5 nitrogen and oxygen atoms in total. The van der Waals surface area contributed by atoms with E-state index in [2.05, 4.69) is 15.5 Å². The van der Waals surface area contributed by atoms with Crippen LogP contribution in [-0.4, -0.2) is 23.7 Å². The van der Waals surface area contributed by atoms with Crippen molar-refractivity contribution in [3.05, 3.63) is 58.9 Å². The summed E-state index contributed by atoms with van der Waals surface area (Å²) in [6, 6.07) is 10.6. The average Bonchev–Trinajstić information content (AvgIpc) is 2.47. The molecule has 0 aliphatic heterocycles. The SMILES string of the molecule is Cc1cc(Cl)ccc1OCC(=O)N/N=C/c1ccccn1. The van der Waals surface area contributed by atoms with E-state index < -0.39 is 0 Å². The molecule has 1 aromatic carbocycles. The van der Waals surface area contributed by atoms with Crippen LogP contribution in [0.15, 0.2) is 47.7 Å². The zero-order chi connectivity index (χ0) is 15.1. The van der Waals surface area contributed by atoms with Gasteiger partial charge >= 0.3 is 0 Å². The first-order valence-electron chi connectivity index (χ1n) is 6.27. The van der Waals surface area contributed by atoms with Gasteiger partial charge in [0.1, 0.15) is 5.75 Å². The number of aromatic nitrogens is 1. The number of rotatable bonds is 5. The van der Waals surface area contributed by atoms with Gasteiger partial charge in [-0.05, 0) is 42.8 Å². The van der Waals surface area contributed by atoms with E-state index in [1.165, 1.54) is 6.21 Å². The lowest BCUT2D eigenvalue weighted by molar-refractivity contribution is -0.123. The fourth-order valence-electron chi connectivity index (χ4n) is 1.57. The Labute approximate surface area is 127 Å². The van der Waals surface area contributed by atoms with Crippen molar-refractivity contribution >= 4 is 23.7 Å². The molecule has 0 atom stereocenters. The molecule has 108 valence electrons. The minimum Gasteiger partial charge on any atom is -0.483 e. The first kappa shape index (κ1) is 15.0. The Kier molecular flexibility index (Phi) is 5.29. The van der Waals surface area contributed by atoms with Gasteiger partial charge in [-0.25, -0.2) is 5.43 Å². The molecule has 1 N–H and O–H groups in total. The first-order valence-corrected chi connectivity index (χ1v) is 6.65. The molecule has 2 aromatic rings. The van der Waals surface area contributed by atoms with Gasteiger partial charge in [-0.2, -0.15) is 5.10 Å². The van der Waals surface area contributed by atoms with Gasteiger partial charge < -0.3 is 4.74 Å². The molecular formula is C15H14ClN3O2. The van der Waals surface area contributed by atoms with Crippen molar-refractivity contribution in [1.29, 1.82) is 0 Å². The minimum atomic E-state index is -0.350. The maximum Gasteiger partial charge on any atom is 0.277 e. The van der Waals surface area contributed by atoms with E-state index in [0.29, 0.717) is 16.5 Å². The molecule has 2 rings (SSSR count). The van der Waals surface area contributed by atoms with Crippen molar-refractivity contribution in [2.24, 2.45) is 5.10 Å². The van der Waals surface area contributed by atoms with Gasteiger partial charge in [-0.1, -0.05) is 17.7 Å². The highest BCUT2D eigenvalue weighted by molar-refractivity contribution is 6.30. The lowest BCUT2D eigenvalue weighted by Crippen LogP contribution is -2.24. The number of amides is 1. The van der Waals surface area contributed by atoms with Crippen molar-refractivity contribution in [1.82, 2.24) is 10.4 Å². The van der Waals surface area contributed by atoms with E-state index >= 15 is 0 Å². The average molecular weight is 304 g/mol. The standard InChI is InChI=1S/C15H14ClN3O2/c1-11-8-12(16)5-6-14(11)21-10-15(20)19-18-9-13-4-2-3-7-17-13/h2-9H,10H2,1H3,(H,19,20)/b18-9+. The summed E-state index contributed by atoms with van der Waals surface area (Å²) < 4.78 is 5.40. The largest absolute Gasteiger partial charge is 0.483 e. The molecule has 1 aromatic heterocycles. The molecule has 0 unspecified atom stereocenters. The fourth-order valence-corrected chi connectivity index (χ4v) is 1.80. The Balaban J connectivity index is 1.81. The van der Waals surface area contributed by atoms with Crippen LogP contribution >= 0.6 is 11.6 Å². The van der Waals surface area contributed by atoms with E-state index in [9.17, 15) is 4.79 Å². The summed E-state index contributed by atoms with van der Waals surface area (Å²) in [5.74, 6) is 0.264. The Morgan fingerprint density at radius 3 is 3.00 bits per heavy atom. The highest BCUT2D eigenvalue weighted by atomic mass is 35.5. The molecule has 21 heavy (non-hydrogen) atoms. The normalized spacial score (nSPS) is 10.6. The predicted molar refractivity (Wildman–Crippen MR) is 81.7 cm³/mol. The van der Waals surface area contributed by atoms with Gasteiger partial charge in [0.2, 0.25) is 0 Å². The second-order valence-corrected chi connectivity index (χ2v) is 4.68. The fraction of sp³-hybridized carbons (Fsp3) is 0.133. The number of carbonyl (C=O) groups excluding carboxylic acids is 1. The van der Waals surface area contributed by atoms with Gasteiger partial charge in [0.25, 0.3) is 5.91 Å². The van der Waals surface area contributed by atoms with E-state index in [0.717, 1.165) is 5.56 Å². The van der Waals surface area contributed by atoms with E-state index in [-0.39, 0.29) is 12.5 Å². The number of benzene rings is 1. The third kappa shape index (κ3) is 4.89. The predicted octanol–water partition coefficient (Wildman–Crippen LogP) is 2.57. The molecule has 0 fully saturated rings. The first-order chi connectivity index (χ1) is 10.1. The van der Waals surface area contributed by atoms with Gasteiger partial charge in [0.05, 0.1) is 11.9 Å². The molecule has 1 heterocycles. The third-order valence-electron chi connectivity index (χ3n) is 2.57. The monoisotopic (exact) mass is 303 g/mol. The van der Waals surface area contributed by atoms with Crippen LogP contribution < -0.4 is 10.2 Å². The van der Waals surface area contributed by atoms with Crippen LogP contribution in [0.4, 0.5) is 0 Å². The molecule has 0 bridgehead atoms. The van der Waals surface area contributed by atoms with E-state index in [1.807, 2.05) is 13.0 Å². The maximum atomic E-state index is 11.6. The third-order valence-corrected chi connectivity index (χ3v) is 2.80. The van der Waals surface area contributed by atoms with Gasteiger partial charge in [-0.15, -0.1) is 0 Å². The minimum absolute atomic E-state index is 0.123. The summed E-state index contributed by atoms with van der Waals surface area (Å²) >= 11 is 5.85. The molecule has 6 heteroatoms. The Morgan fingerprint density at radius 2 is 2.29 bits per heavy atom. The van der Waals surface area contributed by atoms with Crippen LogP contribution in [0.5, 0.6) is 5.75 Å². The number of hydrogen-bond donors (Lipinski definition) is 1. The number of hydrazone groups is 1. The second kappa shape index (κ2) is 7.40. The number of carbonyl (C=O) groups is 1. The van der Waals surface area contributed by atoms with Crippen molar-refractivity contribution < 1.29 is 9.53 Å². The number of ether oxygens (including phenoxy) is 1. The topological polar surface area (TPSA) is 63.6 Å². The van der Waals surface area contributed by atoms with Crippen LogP contribution in [-0.2, 0) is 4.79 Å². The van der Waals surface area contributed by atoms with Gasteiger partial charge in [-0.3, -0.25) is 9.78 Å². The summed E-state index contributed by atoms with van der Waals surface area (Å²) in [7, 11) is 0.